The van der Waals surface area contributed by atoms with Crippen LogP contribution in [0.4, 0.5) is 5.95 Å². The molecule has 1 aromatic heterocycles. The molecule has 0 spiro atoms. The maximum atomic E-state index is 4.50. The molecule has 1 heterocycles. The Balaban J connectivity index is 2.01. The van der Waals surface area contributed by atoms with E-state index in [4.69, 9.17) is 0 Å². The Kier molecular flexibility index (Phi) is 5.42. The zero-order chi connectivity index (χ0) is 12.8. The summed E-state index contributed by atoms with van der Waals surface area (Å²) in [5, 5.41) is 3.65. The predicted molar refractivity (Wildman–Crippen MR) is 80.4 cm³/mol. The molecule has 0 amide bonds. The maximum absolute atomic E-state index is 4.50. The summed E-state index contributed by atoms with van der Waals surface area (Å²) in [5.41, 5.74) is 0. The molecular weight excluding hydrogens is 242 g/mol. The van der Waals surface area contributed by atoms with Crippen molar-refractivity contribution < 1.29 is 0 Å². The molecule has 0 bridgehead atoms. The monoisotopic (exact) mass is 267 g/mol. The van der Waals surface area contributed by atoms with Gasteiger partial charge in [0.25, 0.3) is 0 Å². The summed E-state index contributed by atoms with van der Waals surface area (Å²) in [4.78, 5) is 4.50. The molecule has 1 fully saturated rings. The van der Waals surface area contributed by atoms with Gasteiger partial charge in [-0.25, -0.2) is 4.98 Å². The molecule has 0 radical (unpaired) electrons. The lowest BCUT2D eigenvalue weighted by Gasteiger charge is -2.25. The highest BCUT2D eigenvalue weighted by molar-refractivity contribution is 7.98. The number of anilines is 1. The van der Waals surface area contributed by atoms with Crippen LogP contribution < -0.4 is 5.32 Å². The summed E-state index contributed by atoms with van der Waals surface area (Å²) in [7, 11) is 0. The van der Waals surface area contributed by atoms with E-state index in [1.54, 1.807) is 0 Å². The van der Waals surface area contributed by atoms with Gasteiger partial charge >= 0.3 is 0 Å². The van der Waals surface area contributed by atoms with Crippen LogP contribution >= 0.6 is 11.8 Å². The Morgan fingerprint density at radius 2 is 2.22 bits per heavy atom. The minimum absolute atomic E-state index is 0.564. The lowest BCUT2D eigenvalue weighted by atomic mass is 9.96. The van der Waals surface area contributed by atoms with E-state index in [1.807, 2.05) is 18.0 Å². The third kappa shape index (κ3) is 3.44. The average molecular weight is 267 g/mol. The van der Waals surface area contributed by atoms with Crippen molar-refractivity contribution in [2.24, 2.45) is 0 Å². The van der Waals surface area contributed by atoms with Gasteiger partial charge in [-0.1, -0.05) is 26.2 Å². The van der Waals surface area contributed by atoms with Crippen molar-refractivity contribution >= 4 is 17.7 Å². The molecule has 1 aliphatic rings. The van der Waals surface area contributed by atoms with E-state index < -0.39 is 0 Å². The van der Waals surface area contributed by atoms with Gasteiger partial charge < -0.3 is 9.88 Å². The van der Waals surface area contributed by atoms with Gasteiger partial charge in [0.1, 0.15) is 0 Å². The zero-order valence-electron chi connectivity index (χ0n) is 11.6. The lowest BCUT2D eigenvalue weighted by molar-refractivity contribution is 0.455. The quantitative estimate of drug-likeness (QED) is 0.846. The SMILES string of the molecule is CCC(CSC)n1ccnc1NC1CCCCC1. The normalized spacial score (nSPS) is 18.8. The van der Waals surface area contributed by atoms with Gasteiger partial charge in [-0.05, 0) is 25.5 Å². The summed E-state index contributed by atoms with van der Waals surface area (Å²) in [6.07, 6.45) is 14.1. The standard InChI is InChI=1S/C14H25N3S/c1-3-13(11-18-2)17-10-9-15-14(17)16-12-7-5-4-6-8-12/h9-10,12-13H,3-8,11H2,1-2H3,(H,15,16). The van der Waals surface area contributed by atoms with Gasteiger partial charge in [-0.15, -0.1) is 0 Å². The molecule has 1 unspecified atom stereocenters. The van der Waals surface area contributed by atoms with Crippen molar-refractivity contribution in [1.29, 1.82) is 0 Å². The Bertz CT molecular complexity index is 345. The smallest absolute Gasteiger partial charge is 0.203 e. The van der Waals surface area contributed by atoms with Gasteiger partial charge in [0.05, 0.1) is 0 Å². The number of nitrogens with zero attached hydrogens (tertiary/aromatic N) is 2. The van der Waals surface area contributed by atoms with Crippen LogP contribution in [-0.4, -0.2) is 27.6 Å². The highest BCUT2D eigenvalue weighted by atomic mass is 32.2. The molecule has 1 N–H and O–H groups in total. The van der Waals surface area contributed by atoms with Crippen molar-refractivity contribution in [3.8, 4) is 0 Å². The second-order valence-corrected chi connectivity index (χ2v) is 6.07. The van der Waals surface area contributed by atoms with E-state index in [0.717, 1.165) is 18.1 Å². The van der Waals surface area contributed by atoms with Gasteiger partial charge in [0.15, 0.2) is 0 Å². The predicted octanol–water partition coefficient (Wildman–Crippen LogP) is 3.94. The zero-order valence-corrected chi connectivity index (χ0v) is 12.4. The fraction of sp³-hybridized carbons (Fsp3) is 0.786. The fourth-order valence-corrected chi connectivity index (χ4v) is 3.52. The molecule has 18 heavy (non-hydrogen) atoms. The molecule has 2 rings (SSSR count). The number of rotatable bonds is 6. The van der Waals surface area contributed by atoms with E-state index in [-0.39, 0.29) is 0 Å². The van der Waals surface area contributed by atoms with Crippen molar-refractivity contribution in [3.63, 3.8) is 0 Å². The molecule has 1 saturated carbocycles. The number of imidazole rings is 1. The molecule has 0 saturated heterocycles. The molecule has 102 valence electrons. The Labute approximate surface area is 115 Å². The first kappa shape index (κ1) is 13.8. The van der Waals surface area contributed by atoms with Crippen LogP contribution in [-0.2, 0) is 0 Å². The van der Waals surface area contributed by atoms with Gasteiger partial charge in [-0.2, -0.15) is 11.8 Å². The minimum atomic E-state index is 0.564. The first-order chi connectivity index (χ1) is 8.85. The molecule has 1 aromatic rings. The molecule has 4 heteroatoms. The van der Waals surface area contributed by atoms with Crippen LogP contribution in [0.25, 0.3) is 0 Å². The third-order valence-electron chi connectivity index (χ3n) is 3.83. The van der Waals surface area contributed by atoms with Crippen LogP contribution in [0.1, 0.15) is 51.5 Å². The largest absolute Gasteiger partial charge is 0.353 e. The lowest BCUT2D eigenvalue weighted by Crippen LogP contribution is -2.25. The van der Waals surface area contributed by atoms with Crippen LogP contribution in [0.3, 0.4) is 0 Å². The van der Waals surface area contributed by atoms with E-state index in [1.165, 1.54) is 32.1 Å². The maximum Gasteiger partial charge on any atom is 0.203 e. The fourth-order valence-electron chi connectivity index (χ4n) is 2.74. The highest BCUT2D eigenvalue weighted by Gasteiger charge is 2.17. The highest BCUT2D eigenvalue weighted by Crippen LogP contribution is 2.24. The van der Waals surface area contributed by atoms with Crippen LogP contribution in [0, 0.1) is 0 Å². The first-order valence-electron chi connectivity index (χ1n) is 7.13. The van der Waals surface area contributed by atoms with Crippen molar-refractivity contribution in [2.45, 2.75) is 57.5 Å². The summed E-state index contributed by atoms with van der Waals surface area (Å²) in [6.45, 7) is 2.26. The van der Waals surface area contributed by atoms with E-state index >= 15 is 0 Å². The van der Waals surface area contributed by atoms with Crippen LogP contribution in [0.2, 0.25) is 0 Å². The minimum Gasteiger partial charge on any atom is -0.353 e. The molecule has 0 aromatic carbocycles. The summed E-state index contributed by atoms with van der Waals surface area (Å²) >= 11 is 1.91. The van der Waals surface area contributed by atoms with Gasteiger partial charge in [0, 0.05) is 30.2 Å². The molecular formula is C14H25N3S. The first-order valence-corrected chi connectivity index (χ1v) is 8.52. The number of thioether (sulfide) groups is 1. The second kappa shape index (κ2) is 7.07. The van der Waals surface area contributed by atoms with Crippen LogP contribution in [0.5, 0.6) is 0 Å². The summed E-state index contributed by atoms with van der Waals surface area (Å²) in [5.74, 6) is 2.23. The molecule has 1 atom stereocenters. The topological polar surface area (TPSA) is 29.9 Å². The second-order valence-electron chi connectivity index (χ2n) is 5.15. The molecule has 0 aliphatic heterocycles. The van der Waals surface area contributed by atoms with Crippen LogP contribution in [0.15, 0.2) is 12.4 Å². The number of hydrogen-bond acceptors (Lipinski definition) is 3. The van der Waals surface area contributed by atoms with Crippen molar-refractivity contribution in [2.75, 3.05) is 17.3 Å². The Morgan fingerprint density at radius 3 is 2.89 bits per heavy atom. The summed E-state index contributed by atoms with van der Waals surface area (Å²) < 4.78 is 2.32. The molecule has 3 nitrogen and oxygen atoms in total. The van der Waals surface area contributed by atoms with Gasteiger partial charge in [-0.3, -0.25) is 0 Å². The Morgan fingerprint density at radius 1 is 1.44 bits per heavy atom. The van der Waals surface area contributed by atoms with E-state index in [9.17, 15) is 0 Å². The third-order valence-corrected chi connectivity index (χ3v) is 4.55. The number of aromatic nitrogens is 2. The van der Waals surface area contributed by atoms with E-state index in [2.05, 4.69) is 34.2 Å². The molecule has 1 aliphatic carbocycles. The Hall–Kier alpha value is -0.640. The van der Waals surface area contributed by atoms with Crippen molar-refractivity contribution in [1.82, 2.24) is 9.55 Å². The van der Waals surface area contributed by atoms with Crippen molar-refractivity contribution in [3.05, 3.63) is 12.4 Å². The summed E-state index contributed by atoms with van der Waals surface area (Å²) in [6, 6.07) is 1.19. The number of nitrogens with one attached hydrogen (secondary N) is 1. The van der Waals surface area contributed by atoms with E-state index in [0.29, 0.717) is 12.1 Å². The average Bonchev–Trinajstić information content (AvgIpc) is 2.85. The number of hydrogen-bond donors (Lipinski definition) is 1. The van der Waals surface area contributed by atoms with Gasteiger partial charge in [0.2, 0.25) is 5.95 Å².